The van der Waals surface area contributed by atoms with Crippen LogP contribution in [0.1, 0.15) is 18.1 Å². The summed E-state index contributed by atoms with van der Waals surface area (Å²) in [5.41, 5.74) is 11.6. The maximum absolute atomic E-state index is 4.30. The predicted octanol–water partition coefficient (Wildman–Crippen LogP) is 2.21. The van der Waals surface area contributed by atoms with E-state index in [-0.39, 0.29) is 0 Å². The average molecular weight is 281 g/mol. The Hall–Kier alpha value is -2.24. The van der Waals surface area contributed by atoms with Crippen molar-refractivity contribution in [1.82, 2.24) is 25.8 Å². The number of rotatable bonds is 5. The van der Waals surface area contributed by atoms with Crippen molar-refractivity contribution < 1.29 is 0 Å². The van der Waals surface area contributed by atoms with E-state index < -0.39 is 0 Å². The Bertz CT molecular complexity index is 747. The molecule has 0 saturated carbocycles. The van der Waals surface area contributed by atoms with Gasteiger partial charge in [0.25, 0.3) is 0 Å². The van der Waals surface area contributed by atoms with Gasteiger partial charge in [-0.25, -0.2) is 4.68 Å². The number of aromatic nitrogens is 3. The standard InChI is InChI=1S/C16H19N5/c1-3-13-10-12(11-18-17-2)8-9-15(13)21-16-7-5-4-6-14(16)19-20-21/h4-10,17-18H,3,11H2,1-2H3. The number of benzene rings is 2. The van der Waals surface area contributed by atoms with Crippen molar-refractivity contribution in [3.8, 4) is 5.69 Å². The van der Waals surface area contributed by atoms with Gasteiger partial charge >= 0.3 is 0 Å². The van der Waals surface area contributed by atoms with Gasteiger partial charge in [0, 0.05) is 6.54 Å². The van der Waals surface area contributed by atoms with E-state index in [0.29, 0.717) is 0 Å². The summed E-state index contributed by atoms with van der Waals surface area (Å²) in [5.74, 6) is 0. The van der Waals surface area contributed by atoms with E-state index in [4.69, 9.17) is 0 Å². The zero-order valence-electron chi connectivity index (χ0n) is 12.3. The summed E-state index contributed by atoms with van der Waals surface area (Å²) in [5, 5.41) is 8.54. The van der Waals surface area contributed by atoms with Crippen LogP contribution in [0.2, 0.25) is 0 Å². The summed E-state index contributed by atoms with van der Waals surface area (Å²) in [4.78, 5) is 0. The molecular weight excluding hydrogens is 262 g/mol. The minimum Gasteiger partial charge on any atom is -0.261 e. The van der Waals surface area contributed by atoms with Gasteiger partial charge in [-0.1, -0.05) is 36.4 Å². The Morgan fingerprint density at radius 3 is 2.81 bits per heavy atom. The van der Waals surface area contributed by atoms with Gasteiger partial charge in [0.05, 0.1) is 11.2 Å². The summed E-state index contributed by atoms with van der Waals surface area (Å²) in [6.45, 7) is 2.95. The number of hydrogen-bond donors (Lipinski definition) is 2. The lowest BCUT2D eigenvalue weighted by molar-refractivity contribution is 0.596. The average Bonchev–Trinajstić information content (AvgIpc) is 2.96. The Morgan fingerprint density at radius 1 is 1.14 bits per heavy atom. The smallest absolute Gasteiger partial charge is 0.113 e. The molecule has 0 amide bonds. The van der Waals surface area contributed by atoms with E-state index in [1.54, 1.807) is 0 Å². The molecule has 1 aromatic heterocycles. The largest absolute Gasteiger partial charge is 0.261 e. The molecule has 108 valence electrons. The molecule has 0 unspecified atom stereocenters. The van der Waals surface area contributed by atoms with Gasteiger partial charge in [-0.15, -0.1) is 5.10 Å². The molecule has 0 aliphatic rings. The molecule has 2 aromatic carbocycles. The van der Waals surface area contributed by atoms with Gasteiger partial charge in [-0.05, 0) is 42.8 Å². The molecule has 0 aliphatic heterocycles. The highest BCUT2D eigenvalue weighted by Crippen LogP contribution is 2.21. The second-order valence-corrected chi connectivity index (χ2v) is 4.91. The fourth-order valence-corrected chi connectivity index (χ4v) is 2.48. The molecule has 2 N–H and O–H groups in total. The van der Waals surface area contributed by atoms with E-state index in [1.165, 1.54) is 11.1 Å². The number of aryl methyl sites for hydroxylation is 1. The first-order chi connectivity index (χ1) is 10.3. The van der Waals surface area contributed by atoms with Gasteiger partial charge in [0.15, 0.2) is 0 Å². The summed E-state index contributed by atoms with van der Waals surface area (Å²) < 4.78 is 1.92. The molecule has 0 spiro atoms. The fourth-order valence-electron chi connectivity index (χ4n) is 2.48. The third kappa shape index (κ3) is 2.66. The van der Waals surface area contributed by atoms with Crippen LogP contribution in [0.3, 0.4) is 0 Å². The Balaban J connectivity index is 2.05. The van der Waals surface area contributed by atoms with E-state index in [1.807, 2.05) is 36.0 Å². The van der Waals surface area contributed by atoms with Crippen molar-refractivity contribution in [3.63, 3.8) is 0 Å². The molecule has 0 fully saturated rings. The van der Waals surface area contributed by atoms with Crippen molar-refractivity contribution in [1.29, 1.82) is 0 Å². The Kier molecular flexibility index (Phi) is 3.94. The van der Waals surface area contributed by atoms with Crippen LogP contribution in [0, 0.1) is 0 Å². The van der Waals surface area contributed by atoms with Crippen LogP contribution in [0.4, 0.5) is 0 Å². The monoisotopic (exact) mass is 281 g/mol. The zero-order chi connectivity index (χ0) is 14.7. The van der Waals surface area contributed by atoms with Crippen LogP contribution in [0.25, 0.3) is 16.7 Å². The van der Waals surface area contributed by atoms with Gasteiger partial charge in [0.2, 0.25) is 0 Å². The second-order valence-electron chi connectivity index (χ2n) is 4.91. The van der Waals surface area contributed by atoms with E-state index in [2.05, 4.69) is 46.3 Å². The minimum atomic E-state index is 0.794. The number of hydrogen-bond acceptors (Lipinski definition) is 4. The quantitative estimate of drug-likeness (QED) is 0.704. The first-order valence-corrected chi connectivity index (χ1v) is 7.15. The highest BCUT2D eigenvalue weighted by atomic mass is 15.4. The number of nitrogens with one attached hydrogen (secondary N) is 2. The molecule has 0 bridgehead atoms. The zero-order valence-corrected chi connectivity index (χ0v) is 12.3. The van der Waals surface area contributed by atoms with Gasteiger partial charge in [-0.3, -0.25) is 10.9 Å². The normalized spacial score (nSPS) is 11.1. The molecule has 0 aliphatic carbocycles. The van der Waals surface area contributed by atoms with Crippen LogP contribution >= 0.6 is 0 Å². The molecule has 5 nitrogen and oxygen atoms in total. The van der Waals surface area contributed by atoms with Crippen LogP contribution in [-0.2, 0) is 13.0 Å². The van der Waals surface area contributed by atoms with Crippen molar-refractivity contribution >= 4 is 11.0 Å². The minimum absolute atomic E-state index is 0.794. The highest BCUT2D eigenvalue weighted by molar-refractivity contribution is 5.76. The maximum atomic E-state index is 4.30. The second kappa shape index (κ2) is 6.03. The lowest BCUT2D eigenvalue weighted by atomic mass is 10.1. The number of fused-ring (bicyclic) bond motifs is 1. The fraction of sp³-hybridized carbons (Fsp3) is 0.250. The van der Waals surface area contributed by atoms with Crippen LogP contribution in [-0.4, -0.2) is 22.0 Å². The third-order valence-corrected chi connectivity index (χ3v) is 3.57. The van der Waals surface area contributed by atoms with Crippen LogP contribution in [0.5, 0.6) is 0 Å². The van der Waals surface area contributed by atoms with E-state index in [9.17, 15) is 0 Å². The molecular formula is C16H19N5. The number of hydrazine groups is 1. The van der Waals surface area contributed by atoms with Gasteiger partial charge < -0.3 is 0 Å². The first kappa shape index (κ1) is 13.7. The molecule has 21 heavy (non-hydrogen) atoms. The Morgan fingerprint density at radius 2 is 2.00 bits per heavy atom. The van der Waals surface area contributed by atoms with Crippen molar-refractivity contribution in [2.24, 2.45) is 0 Å². The lowest BCUT2D eigenvalue weighted by Gasteiger charge is -2.11. The third-order valence-electron chi connectivity index (χ3n) is 3.57. The maximum Gasteiger partial charge on any atom is 0.113 e. The van der Waals surface area contributed by atoms with Gasteiger partial charge in [0.1, 0.15) is 5.52 Å². The number of nitrogens with zero attached hydrogens (tertiary/aromatic N) is 3. The molecule has 5 heteroatoms. The van der Waals surface area contributed by atoms with Crippen molar-refractivity contribution in [2.45, 2.75) is 19.9 Å². The molecule has 3 aromatic rings. The van der Waals surface area contributed by atoms with E-state index >= 15 is 0 Å². The summed E-state index contributed by atoms with van der Waals surface area (Å²) in [6, 6.07) is 14.5. The topological polar surface area (TPSA) is 54.8 Å². The van der Waals surface area contributed by atoms with E-state index in [0.717, 1.165) is 29.7 Å². The Labute approximate surface area is 123 Å². The molecule has 0 radical (unpaired) electrons. The molecule has 0 saturated heterocycles. The van der Waals surface area contributed by atoms with Crippen molar-refractivity contribution in [2.75, 3.05) is 7.05 Å². The summed E-state index contributed by atoms with van der Waals surface area (Å²) in [7, 11) is 1.87. The predicted molar refractivity (Wildman–Crippen MR) is 84.1 cm³/mol. The summed E-state index contributed by atoms with van der Waals surface area (Å²) in [6.07, 6.45) is 0.955. The van der Waals surface area contributed by atoms with Crippen LogP contribution in [0.15, 0.2) is 42.5 Å². The first-order valence-electron chi connectivity index (χ1n) is 7.15. The number of para-hydroxylation sites is 1. The SMILES string of the molecule is CCc1cc(CNNC)ccc1-n1nnc2ccccc21. The van der Waals surface area contributed by atoms with Crippen LogP contribution < -0.4 is 10.9 Å². The van der Waals surface area contributed by atoms with Gasteiger partial charge in [-0.2, -0.15) is 0 Å². The molecule has 1 heterocycles. The highest BCUT2D eigenvalue weighted by Gasteiger charge is 2.10. The summed E-state index contributed by atoms with van der Waals surface area (Å²) >= 11 is 0. The lowest BCUT2D eigenvalue weighted by Crippen LogP contribution is -2.26. The molecule has 3 rings (SSSR count). The molecule has 0 atom stereocenters. The van der Waals surface area contributed by atoms with Crippen molar-refractivity contribution in [3.05, 3.63) is 53.6 Å².